The first-order chi connectivity index (χ1) is 15.7. The smallest absolute Gasteiger partial charge is 0.137 e. The Hall–Kier alpha value is -3.28. The number of pyridine rings is 2. The summed E-state index contributed by atoms with van der Waals surface area (Å²) < 4.78 is 0. The molecular formula is C27H27N5. The van der Waals surface area contributed by atoms with Gasteiger partial charge in [0, 0.05) is 79.8 Å². The number of nitrogens with zero attached hydrogens (tertiary/aromatic N) is 4. The summed E-state index contributed by atoms with van der Waals surface area (Å²) in [5.41, 5.74) is 9.43. The number of aromatic nitrogens is 3. The molecule has 1 aliphatic carbocycles. The van der Waals surface area contributed by atoms with E-state index < -0.39 is 0 Å². The van der Waals surface area contributed by atoms with Gasteiger partial charge in [-0.1, -0.05) is 30.3 Å². The van der Waals surface area contributed by atoms with Gasteiger partial charge in [-0.3, -0.25) is 9.88 Å². The highest BCUT2D eigenvalue weighted by Crippen LogP contribution is 2.35. The van der Waals surface area contributed by atoms with Crippen LogP contribution in [0.5, 0.6) is 0 Å². The van der Waals surface area contributed by atoms with E-state index in [2.05, 4.69) is 75.4 Å². The van der Waals surface area contributed by atoms with Gasteiger partial charge in [0.2, 0.25) is 0 Å². The zero-order chi connectivity index (χ0) is 21.5. The van der Waals surface area contributed by atoms with E-state index in [1.54, 1.807) is 0 Å². The van der Waals surface area contributed by atoms with Crippen molar-refractivity contribution >= 4 is 16.6 Å². The second kappa shape index (κ2) is 8.01. The fourth-order valence-electron chi connectivity index (χ4n) is 4.78. The number of fused-ring (bicyclic) bond motifs is 2. The van der Waals surface area contributed by atoms with Gasteiger partial charge in [-0.25, -0.2) is 4.98 Å². The lowest BCUT2D eigenvalue weighted by Gasteiger charge is -2.32. The third kappa shape index (κ3) is 3.64. The van der Waals surface area contributed by atoms with Crippen molar-refractivity contribution in [2.45, 2.75) is 13.0 Å². The number of hydrogen-bond acceptors (Lipinski definition) is 4. The van der Waals surface area contributed by atoms with Gasteiger partial charge in [0.15, 0.2) is 0 Å². The van der Waals surface area contributed by atoms with Crippen LogP contribution in [0.2, 0.25) is 0 Å². The Morgan fingerprint density at radius 1 is 0.875 bits per heavy atom. The van der Waals surface area contributed by atoms with E-state index in [0.717, 1.165) is 61.4 Å². The average molecular weight is 422 g/mol. The van der Waals surface area contributed by atoms with E-state index in [4.69, 9.17) is 4.98 Å². The van der Waals surface area contributed by atoms with Crippen LogP contribution in [0.3, 0.4) is 0 Å². The standard InChI is InChI=1S/C27H27N5/c1-31-10-12-32(13-11-31)18-19-2-4-20(5-3-19)22-15-25-24(6-7-26(25)29-16-22)23-14-21-8-9-28-27(21)30-17-23/h2-6,8-9,14-17H,7,10-13,18H2,1H3,(H,28,30). The highest BCUT2D eigenvalue weighted by molar-refractivity contribution is 5.89. The number of benzene rings is 1. The van der Waals surface area contributed by atoms with Gasteiger partial charge in [-0.2, -0.15) is 0 Å². The van der Waals surface area contributed by atoms with Crippen molar-refractivity contribution in [3.63, 3.8) is 0 Å². The van der Waals surface area contributed by atoms with Crippen LogP contribution in [-0.2, 0) is 13.0 Å². The SMILES string of the molecule is CN1CCN(Cc2ccc(-c3cnc4c(c3)C(c3cnc5[nH]ccc5c3)=CC4)cc2)CC1. The van der Waals surface area contributed by atoms with Crippen LogP contribution in [0, 0.1) is 0 Å². The van der Waals surface area contributed by atoms with Crippen LogP contribution in [0.4, 0.5) is 0 Å². The highest BCUT2D eigenvalue weighted by Gasteiger charge is 2.19. The molecule has 1 N–H and O–H groups in total. The van der Waals surface area contributed by atoms with E-state index in [9.17, 15) is 0 Å². The first kappa shape index (κ1) is 19.4. The number of rotatable bonds is 4. The monoisotopic (exact) mass is 421 g/mol. The normalized spacial score (nSPS) is 17.0. The molecule has 0 spiro atoms. The van der Waals surface area contributed by atoms with E-state index in [1.165, 1.54) is 27.8 Å². The molecule has 0 amide bonds. The molecule has 1 aliphatic heterocycles. The summed E-state index contributed by atoms with van der Waals surface area (Å²) in [4.78, 5) is 17.5. The van der Waals surface area contributed by atoms with Crippen LogP contribution in [0.15, 0.2) is 67.1 Å². The van der Waals surface area contributed by atoms with Crippen molar-refractivity contribution in [1.82, 2.24) is 24.8 Å². The molecule has 1 aromatic carbocycles. The number of allylic oxidation sites excluding steroid dienone is 1. The minimum Gasteiger partial charge on any atom is -0.346 e. The number of piperazine rings is 1. The molecule has 160 valence electrons. The van der Waals surface area contributed by atoms with Gasteiger partial charge in [-0.05, 0) is 41.9 Å². The van der Waals surface area contributed by atoms with Gasteiger partial charge in [0.25, 0.3) is 0 Å². The number of nitrogens with one attached hydrogen (secondary N) is 1. The number of aromatic amines is 1. The van der Waals surface area contributed by atoms with Crippen LogP contribution in [0.25, 0.3) is 27.7 Å². The quantitative estimate of drug-likeness (QED) is 0.532. The van der Waals surface area contributed by atoms with Gasteiger partial charge in [0.05, 0.1) is 5.69 Å². The van der Waals surface area contributed by atoms with Crippen molar-refractivity contribution in [2.75, 3.05) is 33.2 Å². The Bertz CT molecular complexity index is 1290. The van der Waals surface area contributed by atoms with Crippen molar-refractivity contribution < 1.29 is 0 Å². The molecule has 5 nitrogen and oxygen atoms in total. The first-order valence-corrected chi connectivity index (χ1v) is 11.4. The lowest BCUT2D eigenvalue weighted by Crippen LogP contribution is -2.43. The molecule has 4 heterocycles. The Morgan fingerprint density at radius 2 is 1.69 bits per heavy atom. The molecule has 4 aromatic rings. The highest BCUT2D eigenvalue weighted by atomic mass is 15.2. The maximum absolute atomic E-state index is 4.80. The van der Waals surface area contributed by atoms with Crippen LogP contribution >= 0.6 is 0 Å². The topological polar surface area (TPSA) is 48.1 Å². The molecule has 2 aliphatic rings. The van der Waals surface area contributed by atoms with Crippen molar-refractivity contribution in [1.29, 1.82) is 0 Å². The molecule has 1 fully saturated rings. The van der Waals surface area contributed by atoms with Crippen molar-refractivity contribution in [3.05, 3.63) is 89.5 Å². The van der Waals surface area contributed by atoms with E-state index in [0.29, 0.717) is 0 Å². The summed E-state index contributed by atoms with van der Waals surface area (Å²) >= 11 is 0. The molecule has 0 bridgehead atoms. The second-order valence-corrected chi connectivity index (χ2v) is 8.96. The Balaban J connectivity index is 1.24. The van der Waals surface area contributed by atoms with Crippen LogP contribution in [0.1, 0.15) is 22.4 Å². The molecule has 0 radical (unpaired) electrons. The predicted octanol–water partition coefficient (Wildman–Crippen LogP) is 4.36. The third-order valence-electron chi connectivity index (χ3n) is 6.76. The number of H-pyrrole nitrogens is 1. The van der Waals surface area contributed by atoms with Gasteiger partial charge >= 0.3 is 0 Å². The molecular weight excluding hydrogens is 394 g/mol. The minimum absolute atomic E-state index is 0.875. The van der Waals surface area contributed by atoms with Gasteiger partial charge < -0.3 is 9.88 Å². The molecule has 0 unspecified atom stereocenters. The summed E-state index contributed by atoms with van der Waals surface area (Å²) in [6.45, 7) is 5.62. The summed E-state index contributed by atoms with van der Waals surface area (Å²) in [5.74, 6) is 0. The zero-order valence-corrected chi connectivity index (χ0v) is 18.4. The predicted molar refractivity (Wildman–Crippen MR) is 129 cm³/mol. The fourth-order valence-corrected chi connectivity index (χ4v) is 4.78. The number of likely N-dealkylation sites (N-methyl/N-ethyl adjacent to an activating group) is 1. The number of hydrogen-bond donors (Lipinski definition) is 1. The summed E-state index contributed by atoms with van der Waals surface area (Å²) in [5, 5.41) is 1.14. The second-order valence-electron chi connectivity index (χ2n) is 8.96. The Kier molecular flexibility index (Phi) is 4.86. The minimum atomic E-state index is 0.875. The molecule has 32 heavy (non-hydrogen) atoms. The lowest BCUT2D eigenvalue weighted by molar-refractivity contribution is 0.148. The average Bonchev–Trinajstić information content (AvgIpc) is 3.47. The zero-order valence-electron chi connectivity index (χ0n) is 18.4. The molecule has 1 saturated heterocycles. The summed E-state index contributed by atoms with van der Waals surface area (Å²) in [6, 6.07) is 15.6. The largest absolute Gasteiger partial charge is 0.346 e. The van der Waals surface area contributed by atoms with Crippen molar-refractivity contribution in [2.24, 2.45) is 0 Å². The molecule has 6 rings (SSSR count). The fraction of sp³-hybridized carbons (Fsp3) is 0.259. The molecule has 0 atom stereocenters. The molecule has 3 aromatic heterocycles. The Labute approximate surface area is 188 Å². The molecule has 0 saturated carbocycles. The summed E-state index contributed by atoms with van der Waals surface area (Å²) in [7, 11) is 2.20. The lowest BCUT2D eigenvalue weighted by atomic mass is 9.98. The van der Waals surface area contributed by atoms with E-state index in [1.807, 2.05) is 18.6 Å². The van der Waals surface area contributed by atoms with Gasteiger partial charge in [0.1, 0.15) is 5.65 Å². The van der Waals surface area contributed by atoms with Gasteiger partial charge in [-0.15, -0.1) is 0 Å². The summed E-state index contributed by atoms with van der Waals surface area (Å²) in [6.07, 6.45) is 9.06. The van der Waals surface area contributed by atoms with Crippen LogP contribution < -0.4 is 0 Å². The maximum atomic E-state index is 4.80. The Morgan fingerprint density at radius 3 is 2.53 bits per heavy atom. The third-order valence-corrected chi connectivity index (χ3v) is 6.76. The maximum Gasteiger partial charge on any atom is 0.137 e. The van der Waals surface area contributed by atoms with Crippen LogP contribution in [-0.4, -0.2) is 58.0 Å². The van der Waals surface area contributed by atoms with E-state index in [-0.39, 0.29) is 0 Å². The van der Waals surface area contributed by atoms with E-state index >= 15 is 0 Å². The molecule has 5 heteroatoms. The first-order valence-electron chi connectivity index (χ1n) is 11.4. The van der Waals surface area contributed by atoms with Crippen molar-refractivity contribution in [3.8, 4) is 11.1 Å².